The molecule has 0 saturated heterocycles. The Balaban J connectivity index is 2.88. The first-order valence-corrected chi connectivity index (χ1v) is 5.08. The number of carboxylic acid groups (broad SMARTS) is 1. The number of anilines is 1. The molecule has 0 radical (unpaired) electrons. The zero-order valence-electron chi connectivity index (χ0n) is 9.40. The Labute approximate surface area is 89.3 Å². The Morgan fingerprint density at radius 1 is 1.53 bits per heavy atom. The second-order valence-corrected chi connectivity index (χ2v) is 3.36. The van der Waals surface area contributed by atoms with Crippen LogP contribution < -0.4 is 4.90 Å². The van der Waals surface area contributed by atoms with Crippen LogP contribution in [0.1, 0.15) is 19.5 Å². The Morgan fingerprint density at radius 3 is 2.60 bits per heavy atom. The molecule has 5 nitrogen and oxygen atoms in total. The maximum atomic E-state index is 10.6. The van der Waals surface area contributed by atoms with Crippen LogP contribution in [0.2, 0.25) is 0 Å². The molecule has 5 heteroatoms. The molecular weight excluding hydrogens is 194 g/mol. The highest BCUT2D eigenvalue weighted by Crippen LogP contribution is 2.13. The average molecular weight is 211 g/mol. The topological polar surface area (TPSA) is 58.4 Å². The SMILES string of the molecule is CCN(CC)c1cc(CC(=O)O)n(C)n1. The highest BCUT2D eigenvalue weighted by atomic mass is 16.4. The fourth-order valence-corrected chi connectivity index (χ4v) is 1.51. The molecule has 0 aliphatic heterocycles. The van der Waals surface area contributed by atoms with Crippen LogP contribution in [-0.4, -0.2) is 33.9 Å². The van der Waals surface area contributed by atoms with Gasteiger partial charge in [-0.25, -0.2) is 0 Å². The number of carbonyl (C=O) groups is 1. The minimum atomic E-state index is -0.830. The van der Waals surface area contributed by atoms with Crippen molar-refractivity contribution in [2.75, 3.05) is 18.0 Å². The van der Waals surface area contributed by atoms with E-state index >= 15 is 0 Å². The number of aromatic nitrogens is 2. The molecule has 0 fully saturated rings. The van der Waals surface area contributed by atoms with Gasteiger partial charge in [-0.1, -0.05) is 0 Å². The number of hydrogen-bond donors (Lipinski definition) is 1. The van der Waals surface area contributed by atoms with Crippen molar-refractivity contribution in [2.45, 2.75) is 20.3 Å². The quantitative estimate of drug-likeness (QED) is 0.786. The molecule has 0 aromatic carbocycles. The predicted molar refractivity (Wildman–Crippen MR) is 58.1 cm³/mol. The second kappa shape index (κ2) is 4.82. The van der Waals surface area contributed by atoms with Gasteiger partial charge in [0.05, 0.1) is 12.1 Å². The predicted octanol–water partition coefficient (Wildman–Crippen LogP) is 0.893. The summed E-state index contributed by atoms with van der Waals surface area (Å²) in [5.41, 5.74) is 0.726. The minimum absolute atomic E-state index is 0.0186. The molecule has 84 valence electrons. The van der Waals surface area contributed by atoms with E-state index in [0.717, 1.165) is 24.6 Å². The highest BCUT2D eigenvalue weighted by molar-refractivity contribution is 5.70. The molecule has 1 rings (SSSR count). The Bertz CT molecular complexity index is 342. The van der Waals surface area contributed by atoms with Crippen molar-refractivity contribution in [3.05, 3.63) is 11.8 Å². The van der Waals surface area contributed by atoms with Crippen LogP contribution in [0, 0.1) is 0 Å². The van der Waals surface area contributed by atoms with Crippen LogP contribution in [0.3, 0.4) is 0 Å². The van der Waals surface area contributed by atoms with Crippen molar-refractivity contribution >= 4 is 11.8 Å². The largest absolute Gasteiger partial charge is 0.481 e. The number of nitrogens with zero attached hydrogens (tertiary/aromatic N) is 3. The summed E-state index contributed by atoms with van der Waals surface area (Å²) in [6.45, 7) is 5.85. The third-order valence-electron chi connectivity index (χ3n) is 2.38. The Kier molecular flexibility index (Phi) is 3.71. The molecule has 1 aromatic heterocycles. The number of hydrogen-bond acceptors (Lipinski definition) is 3. The Hall–Kier alpha value is -1.52. The molecule has 1 aromatic rings. The number of rotatable bonds is 5. The van der Waals surface area contributed by atoms with Crippen molar-refractivity contribution in [3.63, 3.8) is 0 Å². The summed E-state index contributed by atoms with van der Waals surface area (Å²) in [5, 5.41) is 13.0. The lowest BCUT2D eigenvalue weighted by Crippen LogP contribution is -2.22. The second-order valence-electron chi connectivity index (χ2n) is 3.36. The fourth-order valence-electron chi connectivity index (χ4n) is 1.51. The van der Waals surface area contributed by atoms with Gasteiger partial charge in [-0.3, -0.25) is 9.48 Å². The zero-order chi connectivity index (χ0) is 11.4. The summed E-state index contributed by atoms with van der Waals surface area (Å²) in [5.74, 6) is 0.0165. The van der Waals surface area contributed by atoms with Gasteiger partial charge in [0.15, 0.2) is 5.82 Å². The maximum absolute atomic E-state index is 10.6. The van der Waals surface area contributed by atoms with Gasteiger partial charge in [0.25, 0.3) is 0 Å². The van der Waals surface area contributed by atoms with Crippen LogP contribution in [0.15, 0.2) is 6.07 Å². The van der Waals surface area contributed by atoms with E-state index in [-0.39, 0.29) is 6.42 Å². The molecule has 1 N–H and O–H groups in total. The normalized spacial score (nSPS) is 10.3. The highest BCUT2D eigenvalue weighted by Gasteiger charge is 2.11. The first kappa shape index (κ1) is 11.6. The van der Waals surface area contributed by atoms with Gasteiger partial charge in [-0.05, 0) is 13.8 Å². The molecular formula is C10H17N3O2. The van der Waals surface area contributed by atoms with Crippen molar-refractivity contribution in [3.8, 4) is 0 Å². The van der Waals surface area contributed by atoms with E-state index in [4.69, 9.17) is 5.11 Å². The van der Waals surface area contributed by atoms with Crippen LogP contribution in [0.25, 0.3) is 0 Å². The van der Waals surface area contributed by atoms with E-state index in [0.29, 0.717) is 0 Å². The first-order chi connectivity index (χ1) is 7.08. The lowest BCUT2D eigenvalue weighted by atomic mass is 10.3. The van der Waals surface area contributed by atoms with Crippen molar-refractivity contribution < 1.29 is 9.90 Å². The van der Waals surface area contributed by atoms with Gasteiger partial charge in [-0.2, -0.15) is 5.10 Å². The molecule has 0 spiro atoms. The van der Waals surface area contributed by atoms with E-state index in [1.807, 2.05) is 6.07 Å². The van der Waals surface area contributed by atoms with Crippen LogP contribution >= 0.6 is 0 Å². The summed E-state index contributed by atoms with van der Waals surface area (Å²) >= 11 is 0. The average Bonchev–Trinajstić information content (AvgIpc) is 2.49. The van der Waals surface area contributed by atoms with E-state index in [9.17, 15) is 4.79 Å². The van der Waals surface area contributed by atoms with Gasteiger partial charge < -0.3 is 10.0 Å². The van der Waals surface area contributed by atoms with Crippen LogP contribution in [-0.2, 0) is 18.3 Å². The maximum Gasteiger partial charge on any atom is 0.309 e. The van der Waals surface area contributed by atoms with Crippen LogP contribution in [0.5, 0.6) is 0 Å². The van der Waals surface area contributed by atoms with Crippen LogP contribution in [0.4, 0.5) is 5.82 Å². The monoisotopic (exact) mass is 211 g/mol. The van der Waals surface area contributed by atoms with Gasteiger partial charge >= 0.3 is 5.97 Å². The molecule has 0 aliphatic carbocycles. The molecule has 15 heavy (non-hydrogen) atoms. The molecule has 0 atom stereocenters. The molecule has 0 saturated carbocycles. The molecule has 1 heterocycles. The lowest BCUT2D eigenvalue weighted by molar-refractivity contribution is -0.136. The standard InChI is InChI=1S/C10H17N3O2/c1-4-13(5-2)9-6-8(7-10(14)15)12(3)11-9/h6H,4-5,7H2,1-3H3,(H,14,15). The minimum Gasteiger partial charge on any atom is -0.481 e. The van der Waals surface area contributed by atoms with Crippen molar-refractivity contribution in [1.29, 1.82) is 0 Å². The van der Waals surface area contributed by atoms with Gasteiger partial charge in [0.1, 0.15) is 0 Å². The Morgan fingerprint density at radius 2 is 2.13 bits per heavy atom. The van der Waals surface area contributed by atoms with Crippen molar-refractivity contribution in [2.24, 2.45) is 7.05 Å². The third kappa shape index (κ3) is 2.71. The summed E-state index contributed by atoms with van der Waals surface area (Å²) in [6, 6.07) is 1.83. The van der Waals surface area contributed by atoms with Gasteiger partial charge in [-0.15, -0.1) is 0 Å². The first-order valence-electron chi connectivity index (χ1n) is 5.08. The van der Waals surface area contributed by atoms with Gasteiger partial charge in [0, 0.05) is 26.2 Å². The van der Waals surface area contributed by atoms with E-state index in [1.54, 1.807) is 11.7 Å². The molecule has 0 bridgehead atoms. The summed E-state index contributed by atoms with van der Waals surface area (Å²) in [7, 11) is 1.77. The lowest BCUT2D eigenvalue weighted by Gasteiger charge is -2.16. The van der Waals surface area contributed by atoms with Crippen molar-refractivity contribution in [1.82, 2.24) is 9.78 Å². The number of aryl methyl sites for hydroxylation is 1. The number of aliphatic carboxylic acids is 1. The molecule has 0 amide bonds. The molecule has 0 aliphatic rings. The molecule has 0 unspecified atom stereocenters. The summed E-state index contributed by atoms with van der Waals surface area (Å²) in [4.78, 5) is 12.7. The third-order valence-corrected chi connectivity index (χ3v) is 2.38. The van der Waals surface area contributed by atoms with Gasteiger partial charge in [0.2, 0.25) is 0 Å². The summed E-state index contributed by atoms with van der Waals surface area (Å²) < 4.78 is 1.63. The number of carboxylic acids is 1. The fraction of sp³-hybridized carbons (Fsp3) is 0.600. The van der Waals surface area contributed by atoms with E-state index in [1.165, 1.54) is 0 Å². The van der Waals surface area contributed by atoms with E-state index < -0.39 is 5.97 Å². The summed E-state index contributed by atoms with van der Waals surface area (Å²) in [6.07, 6.45) is 0.0186. The van der Waals surface area contributed by atoms with E-state index in [2.05, 4.69) is 23.8 Å². The zero-order valence-corrected chi connectivity index (χ0v) is 9.40. The smallest absolute Gasteiger partial charge is 0.309 e.